The minimum absolute atomic E-state index is 0.0918. The SMILES string of the molecule is CC[C@@H](C(=O)NC(C)(C)C)N(C[C@@H]1CCCO1)C(=O)CNS(=O)(=O)c1ccc(C)cc1. The van der Waals surface area contributed by atoms with Crippen molar-refractivity contribution in [2.75, 3.05) is 19.7 Å². The van der Waals surface area contributed by atoms with E-state index in [-0.39, 0.29) is 23.5 Å². The third-order valence-electron chi connectivity index (χ3n) is 5.05. The molecule has 174 valence electrons. The molecule has 1 saturated heterocycles. The fraction of sp³-hybridized carbons (Fsp3) is 0.636. The fourth-order valence-corrected chi connectivity index (χ4v) is 4.44. The fourth-order valence-electron chi connectivity index (χ4n) is 3.47. The third kappa shape index (κ3) is 7.59. The molecule has 9 heteroatoms. The van der Waals surface area contributed by atoms with Crippen molar-refractivity contribution < 1.29 is 22.7 Å². The van der Waals surface area contributed by atoms with Gasteiger partial charge in [-0.05, 0) is 59.1 Å². The molecule has 0 radical (unpaired) electrons. The molecule has 31 heavy (non-hydrogen) atoms. The van der Waals surface area contributed by atoms with Crippen molar-refractivity contribution in [1.29, 1.82) is 0 Å². The summed E-state index contributed by atoms with van der Waals surface area (Å²) in [7, 11) is -3.84. The van der Waals surface area contributed by atoms with E-state index < -0.39 is 34.1 Å². The van der Waals surface area contributed by atoms with Crippen molar-refractivity contribution in [1.82, 2.24) is 14.9 Å². The largest absolute Gasteiger partial charge is 0.376 e. The van der Waals surface area contributed by atoms with Gasteiger partial charge < -0.3 is 15.0 Å². The van der Waals surface area contributed by atoms with Crippen LogP contribution >= 0.6 is 0 Å². The van der Waals surface area contributed by atoms with Crippen molar-refractivity contribution in [2.45, 2.75) is 76.5 Å². The van der Waals surface area contributed by atoms with Crippen LogP contribution in [0.4, 0.5) is 0 Å². The van der Waals surface area contributed by atoms with E-state index in [0.717, 1.165) is 18.4 Å². The topological polar surface area (TPSA) is 105 Å². The van der Waals surface area contributed by atoms with E-state index in [9.17, 15) is 18.0 Å². The summed E-state index contributed by atoms with van der Waals surface area (Å²) in [6.45, 7) is 9.77. The van der Waals surface area contributed by atoms with E-state index in [4.69, 9.17) is 4.74 Å². The Morgan fingerprint density at radius 3 is 2.39 bits per heavy atom. The average Bonchev–Trinajstić information content (AvgIpc) is 3.18. The summed E-state index contributed by atoms with van der Waals surface area (Å²) in [4.78, 5) is 27.5. The van der Waals surface area contributed by atoms with Crippen molar-refractivity contribution in [3.63, 3.8) is 0 Å². The Kier molecular flexibility index (Phi) is 8.62. The molecule has 1 aromatic rings. The summed E-state index contributed by atoms with van der Waals surface area (Å²) in [5.41, 5.74) is 0.490. The molecule has 0 unspecified atom stereocenters. The highest BCUT2D eigenvalue weighted by atomic mass is 32.2. The van der Waals surface area contributed by atoms with Gasteiger partial charge in [-0.1, -0.05) is 24.6 Å². The molecule has 0 aliphatic carbocycles. The maximum Gasteiger partial charge on any atom is 0.243 e. The Labute approximate surface area is 185 Å². The van der Waals surface area contributed by atoms with Gasteiger partial charge in [0.2, 0.25) is 21.8 Å². The first-order valence-corrected chi connectivity index (χ1v) is 12.2. The predicted molar refractivity (Wildman–Crippen MR) is 119 cm³/mol. The van der Waals surface area contributed by atoms with Gasteiger partial charge in [-0.2, -0.15) is 0 Å². The number of ether oxygens (including phenoxy) is 1. The van der Waals surface area contributed by atoms with Crippen LogP contribution in [0.2, 0.25) is 0 Å². The van der Waals surface area contributed by atoms with Gasteiger partial charge in [-0.15, -0.1) is 0 Å². The van der Waals surface area contributed by atoms with Gasteiger partial charge in [0.1, 0.15) is 6.04 Å². The Balaban J connectivity index is 2.16. The van der Waals surface area contributed by atoms with E-state index in [1.54, 1.807) is 12.1 Å². The van der Waals surface area contributed by atoms with Gasteiger partial charge in [0, 0.05) is 18.7 Å². The number of benzene rings is 1. The maximum atomic E-state index is 13.1. The van der Waals surface area contributed by atoms with Gasteiger partial charge in [-0.3, -0.25) is 9.59 Å². The Bertz CT molecular complexity index is 856. The summed E-state index contributed by atoms with van der Waals surface area (Å²) >= 11 is 0. The van der Waals surface area contributed by atoms with Gasteiger partial charge in [0.05, 0.1) is 17.5 Å². The lowest BCUT2D eigenvalue weighted by atomic mass is 10.1. The first kappa shape index (κ1) is 25.3. The molecule has 1 heterocycles. The predicted octanol–water partition coefficient (Wildman–Crippen LogP) is 1.97. The molecule has 0 aromatic heterocycles. The van der Waals surface area contributed by atoms with E-state index >= 15 is 0 Å². The van der Waals surface area contributed by atoms with Crippen LogP contribution < -0.4 is 10.0 Å². The summed E-state index contributed by atoms with van der Waals surface area (Å²) < 4.78 is 33.2. The Morgan fingerprint density at radius 1 is 1.23 bits per heavy atom. The maximum absolute atomic E-state index is 13.1. The molecule has 0 bridgehead atoms. The van der Waals surface area contributed by atoms with E-state index in [0.29, 0.717) is 13.0 Å². The normalized spacial score (nSPS) is 17.9. The molecule has 1 aromatic carbocycles. The lowest BCUT2D eigenvalue weighted by Crippen LogP contribution is -2.56. The van der Waals surface area contributed by atoms with Crippen LogP contribution in [0.5, 0.6) is 0 Å². The summed E-state index contributed by atoms with van der Waals surface area (Å²) in [5, 5.41) is 2.92. The zero-order valence-electron chi connectivity index (χ0n) is 19.1. The van der Waals surface area contributed by atoms with Gasteiger partial charge in [0.25, 0.3) is 0 Å². The average molecular weight is 454 g/mol. The zero-order valence-corrected chi connectivity index (χ0v) is 19.9. The molecule has 2 amide bonds. The Morgan fingerprint density at radius 2 is 1.87 bits per heavy atom. The number of nitrogens with one attached hydrogen (secondary N) is 2. The van der Waals surface area contributed by atoms with Crippen LogP contribution in [-0.4, -0.2) is 62.5 Å². The van der Waals surface area contributed by atoms with E-state index in [1.165, 1.54) is 17.0 Å². The van der Waals surface area contributed by atoms with Gasteiger partial charge in [-0.25, -0.2) is 13.1 Å². The number of nitrogens with zero attached hydrogens (tertiary/aromatic N) is 1. The molecule has 2 N–H and O–H groups in total. The number of carbonyl (C=O) groups excluding carboxylic acids is 2. The minimum Gasteiger partial charge on any atom is -0.376 e. The Hall–Kier alpha value is -1.97. The highest BCUT2D eigenvalue weighted by Crippen LogP contribution is 2.17. The van der Waals surface area contributed by atoms with Gasteiger partial charge in [0.15, 0.2) is 0 Å². The molecular weight excluding hydrogens is 418 g/mol. The molecule has 1 aliphatic rings. The number of aryl methyl sites for hydroxylation is 1. The summed E-state index contributed by atoms with van der Waals surface area (Å²) in [6, 6.07) is 5.68. The van der Waals surface area contributed by atoms with Crippen LogP contribution in [0.15, 0.2) is 29.2 Å². The van der Waals surface area contributed by atoms with E-state index in [2.05, 4.69) is 10.0 Å². The van der Waals surface area contributed by atoms with Crippen molar-refractivity contribution in [3.8, 4) is 0 Å². The van der Waals surface area contributed by atoms with Crippen LogP contribution in [0, 0.1) is 6.92 Å². The van der Waals surface area contributed by atoms with Gasteiger partial charge >= 0.3 is 0 Å². The van der Waals surface area contributed by atoms with Crippen LogP contribution in [-0.2, 0) is 24.3 Å². The quantitative estimate of drug-likeness (QED) is 0.595. The molecule has 8 nitrogen and oxygen atoms in total. The number of sulfonamides is 1. The lowest BCUT2D eigenvalue weighted by molar-refractivity contribution is -0.142. The first-order valence-electron chi connectivity index (χ1n) is 10.7. The second-order valence-electron chi connectivity index (χ2n) is 8.98. The second kappa shape index (κ2) is 10.6. The van der Waals surface area contributed by atoms with Crippen molar-refractivity contribution >= 4 is 21.8 Å². The molecule has 0 spiro atoms. The van der Waals surface area contributed by atoms with Crippen molar-refractivity contribution in [3.05, 3.63) is 29.8 Å². The minimum atomic E-state index is -3.84. The third-order valence-corrected chi connectivity index (χ3v) is 6.47. The zero-order chi connectivity index (χ0) is 23.2. The van der Waals surface area contributed by atoms with Crippen LogP contribution in [0.3, 0.4) is 0 Å². The smallest absolute Gasteiger partial charge is 0.243 e. The van der Waals surface area contributed by atoms with Crippen LogP contribution in [0.25, 0.3) is 0 Å². The molecule has 1 fully saturated rings. The number of amides is 2. The molecule has 2 atom stereocenters. The number of hydrogen-bond acceptors (Lipinski definition) is 5. The molecule has 0 saturated carbocycles. The monoisotopic (exact) mass is 453 g/mol. The highest BCUT2D eigenvalue weighted by molar-refractivity contribution is 7.89. The van der Waals surface area contributed by atoms with Crippen LogP contribution in [0.1, 0.15) is 52.5 Å². The number of hydrogen-bond donors (Lipinski definition) is 2. The first-order chi connectivity index (χ1) is 14.4. The van der Waals surface area contributed by atoms with Crippen molar-refractivity contribution in [2.24, 2.45) is 0 Å². The number of carbonyl (C=O) groups is 2. The summed E-state index contributed by atoms with van der Waals surface area (Å²) in [6.07, 6.45) is 1.95. The van der Waals surface area contributed by atoms with E-state index in [1.807, 2.05) is 34.6 Å². The lowest BCUT2D eigenvalue weighted by Gasteiger charge is -2.34. The number of rotatable bonds is 9. The molecular formula is C22H35N3O5S. The molecule has 2 rings (SSSR count). The molecule has 1 aliphatic heterocycles. The highest BCUT2D eigenvalue weighted by Gasteiger charge is 2.33. The standard InChI is InChI=1S/C22H35N3O5S/c1-6-19(21(27)24-22(3,4)5)25(15-17-8-7-13-30-17)20(26)14-23-31(28,29)18-11-9-16(2)10-12-18/h9-12,17,19,23H,6-8,13-15H2,1-5H3,(H,24,27)/t17-,19-/m0/s1. The second-order valence-corrected chi connectivity index (χ2v) is 10.7. The summed E-state index contributed by atoms with van der Waals surface area (Å²) in [5.74, 6) is -0.718.